The molecule has 3 N–H and O–H groups in total. The summed E-state index contributed by atoms with van der Waals surface area (Å²) >= 11 is 2.79. The zero-order valence-corrected chi connectivity index (χ0v) is 30.3. The average molecular weight is 731 g/mol. The predicted octanol–water partition coefficient (Wildman–Crippen LogP) is 10.2. The quantitative estimate of drug-likeness (QED) is 0.0909. The third kappa shape index (κ3) is 8.78. The van der Waals surface area contributed by atoms with Crippen LogP contribution < -0.4 is 16.0 Å². The van der Waals surface area contributed by atoms with Crippen molar-refractivity contribution in [3.8, 4) is 11.3 Å². The molecule has 7 aromatic rings. The normalized spacial score (nSPS) is 11.8. The number of aryl methyl sites for hydroxylation is 1. The smallest absolute Gasteiger partial charge is 0.272 e. The number of thiazole rings is 1. The van der Waals surface area contributed by atoms with Crippen molar-refractivity contribution in [2.75, 3.05) is 10.6 Å². The summed E-state index contributed by atoms with van der Waals surface area (Å²) in [6.45, 7) is 2.04. The highest BCUT2D eigenvalue weighted by atomic mass is 32.2. The number of carbonyl (C=O) groups excluding carboxylic acids is 3. The van der Waals surface area contributed by atoms with Crippen LogP contribution in [0.5, 0.6) is 0 Å². The minimum atomic E-state index is -0.563. The maximum absolute atomic E-state index is 13.8. The molecule has 0 aliphatic carbocycles. The van der Waals surface area contributed by atoms with Gasteiger partial charge in [-0.25, -0.2) is 4.98 Å². The number of nitrogens with one attached hydrogen (secondary N) is 3. The molecule has 0 radical (unpaired) electrons. The minimum absolute atomic E-state index is 0.0993. The third-order valence-corrected chi connectivity index (χ3v) is 10.5. The molecule has 6 aromatic carbocycles. The van der Waals surface area contributed by atoms with Crippen molar-refractivity contribution in [2.45, 2.75) is 17.1 Å². The van der Waals surface area contributed by atoms with Crippen molar-refractivity contribution in [3.63, 3.8) is 0 Å². The van der Waals surface area contributed by atoms with E-state index >= 15 is 0 Å². The van der Waals surface area contributed by atoms with E-state index in [4.69, 9.17) is 0 Å². The summed E-state index contributed by atoms with van der Waals surface area (Å²) < 4.78 is 0. The number of aromatic nitrogens is 1. The topological polar surface area (TPSA) is 100 Å². The molecule has 0 saturated carbocycles. The summed E-state index contributed by atoms with van der Waals surface area (Å²) in [5, 5.41) is 12.7. The molecule has 1 aromatic heterocycles. The van der Waals surface area contributed by atoms with Crippen LogP contribution in [-0.2, 0) is 9.59 Å². The highest BCUT2D eigenvalue weighted by molar-refractivity contribution is 8.00. The van der Waals surface area contributed by atoms with Crippen LogP contribution in [0.1, 0.15) is 32.3 Å². The second kappa shape index (κ2) is 16.4. The van der Waals surface area contributed by atoms with E-state index in [2.05, 4.69) is 20.9 Å². The van der Waals surface area contributed by atoms with E-state index in [1.54, 1.807) is 42.5 Å². The van der Waals surface area contributed by atoms with Crippen LogP contribution in [0.4, 0.5) is 10.8 Å². The lowest BCUT2D eigenvalue weighted by molar-refractivity contribution is -0.116. The molecule has 0 bridgehead atoms. The van der Waals surface area contributed by atoms with Gasteiger partial charge in [0.1, 0.15) is 10.9 Å². The van der Waals surface area contributed by atoms with Gasteiger partial charge in [0.25, 0.3) is 11.8 Å². The van der Waals surface area contributed by atoms with Crippen molar-refractivity contribution in [1.29, 1.82) is 0 Å². The van der Waals surface area contributed by atoms with Crippen LogP contribution in [0.15, 0.2) is 168 Å². The van der Waals surface area contributed by atoms with Crippen molar-refractivity contribution < 1.29 is 14.4 Å². The molecule has 1 unspecified atom stereocenters. The van der Waals surface area contributed by atoms with Gasteiger partial charge in [-0.05, 0) is 71.3 Å². The van der Waals surface area contributed by atoms with E-state index in [0.29, 0.717) is 16.4 Å². The van der Waals surface area contributed by atoms with Gasteiger partial charge >= 0.3 is 0 Å². The maximum atomic E-state index is 13.8. The van der Waals surface area contributed by atoms with E-state index in [0.717, 1.165) is 38.1 Å². The van der Waals surface area contributed by atoms with E-state index < -0.39 is 17.1 Å². The lowest BCUT2D eigenvalue weighted by Gasteiger charge is -2.17. The molecule has 0 spiro atoms. The molecule has 7 nitrogen and oxygen atoms in total. The molecule has 7 rings (SSSR count). The number of rotatable bonds is 11. The van der Waals surface area contributed by atoms with E-state index in [1.807, 2.05) is 128 Å². The van der Waals surface area contributed by atoms with Crippen LogP contribution in [0.25, 0.3) is 28.1 Å². The number of fused-ring (bicyclic) bond motifs is 1. The van der Waals surface area contributed by atoms with Crippen LogP contribution >= 0.6 is 23.1 Å². The Bertz CT molecular complexity index is 2400. The van der Waals surface area contributed by atoms with Gasteiger partial charge in [0.2, 0.25) is 5.91 Å². The molecule has 3 amide bonds. The van der Waals surface area contributed by atoms with Crippen LogP contribution in [0, 0.1) is 6.92 Å². The Hall–Kier alpha value is -6.29. The summed E-state index contributed by atoms with van der Waals surface area (Å²) in [7, 11) is 0. The first-order valence-corrected chi connectivity index (χ1v) is 18.7. The van der Waals surface area contributed by atoms with E-state index in [1.165, 1.54) is 28.7 Å². The van der Waals surface area contributed by atoms with Gasteiger partial charge in [-0.1, -0.05) is 121 Å². The first-order valence-electron chi connectivity index (χ1n) is 16.9. The minimum Gasteiger partial charge on any atom is -0.321 e. The number of hydrogen-bond donors (Lipinski definition) is 3. The molecule has 1 heterocycles. The first kappa shape index (κ1) is 35.1. The highest BCUT2D eigenvalue weighted by Crippen LogP contribution is 2.37. The van der Waals surface area contributed by atoms with Gasteiger partial charge in [0.15, 0.2) is 5.13 Å². The van der Waals surface area contributed by atoms with Crippen LogP contribution in [0.3, 0.4) is 0 Å². The lowest BCUT2D eigenvalue weighted by atomic mass is 10.0. The number of anilines is 2. The Balaban J connectivity index is 1.09. The number of thioether (sulfide) groups is 1. The van der Waals surface area contributed by atoms with Crippen molar-refractivity contribution in [3.05, 3.63) is 185 Å². The SMILES string of the molecule is Cc1ccc(-c2csc(NC(=O)C(Sc3ccc(NC(=O)/C(=C/c4cccc5ccccc45)NC(=O)c4ccccc4)cc3)c3ccccc3)n2)cc1. The highest BCUT2D eigenvalue weighted by Gasteiger charge is 2.24. The maximum Gasteiger partial charge on any atom is 0.272 e. The molecule has 53 heavy (non-hydrogen) atoms. The van der Waals surface area contributed by atoms with E-state index in [9.17, 15) is 14.4 Å². The van der Waals surface area contributed by atoms with Crippen molar-refractivity contribution >= 4 is 68.5 Å². The molecule has 9 heteroatoms. The molecule has 260 valence electrons. The lowest BCUT2D eigenvalue weighted by Crippen LogP contribution is -2.30. The number of amides is 3. The summed E-state index contributed by atoms with van der Waals surface area (Å²) in [5.41, 5.74) is 5.67. The fourth-order valence-electron chi connectivity index (χ4n) is 5.69. The molecule has 0 aliphatic rings. The van der Waals surface area contributed by atoms with Crippen molar-refractivity contribution in [1.82, 2.24) is 10.3 Å². The first-order chi connectivity index (χ1) is 25.9. The number of carbonyl (C=O) groups is 3. The van der Waals surface area contributed by atoms with Gasteiger partial charge in [-0.15, -0.1) is 23.1 Å². The monoisotopic (exact) mass is 730 g/mol. The molecule has 1 atom stereocenters. The largest absolute Gasteiger partial charge is 0.321 e. The fraction of sp³-hybridized carbons (Fsp3) is 0.0455. The summed E-state index contributed by atoms with van der Waals surface area (Å²) in [6, 6.07) is 47.5. The number of nitrogens with zero attached hydrogens (tertiary/aromatic N) is 1. The molecule has 0 fully saturated rings. The van der Waals surface area contributed by atoms with Crippen LogP contribution in [0.2, 0.25) is 0 Å². The zero-order chi connectivity index (χ0) is 36.6. The summed E-state index contributed by atoms with van der Waals surface area (Å²) in [5.74, 6) is -1.06. The van der Waals surface area contributed by atoms with Gasteiger partial charge in [-0.2, -0.15) is 0 Å². The summed E-state index contributed by atoms with van der Waals surface area (Å²) in [4.78, 5) is 46.2. The Morgan fingerprint density at radius 3 is 2.15 bits per heavy atom. The fourth-order valence-corrected chi connectivity index (χ4v) is 7.43. The van der Waals surface area contributed by atoms with Gasteiger partial charge in [-0.3, -0.25) is 14.4 Å². The molecular formula is C44H34N4O3S2. The Kier molecular flexibility index (Phi) is 10.9. The van der Waals surface area contributed by atoms with Crippen LogP contribution in [-0.4, -0.2) is 22.7 Å². The molecule has 0 aliphatic heterocycles. The Morgan fingerprint density at radius 2 is 1.40 bits per heavy atom. The standard InChI is InChI=1S/C44H34N4O3S2/c1-29-19-21-31(22-20-29)39-28-52-44(47-39)48-43(51)40(32-12-4-2-5-13-32)53-36-25-23-35(24-26-36)45-42(50)38(46-41(49)33-14-6-3-7-15-33)27-34-17-10-16-30-11-8-9-18-37(30)34/h2-28,40H,1H3,(H,45,50)(H,46,49)(H,47,48,51)/b38-27-. The number of hydrogen-bond acceptors (Lipinski definition) is 6. The number of benzene rings is 6. The zero-order valence-electron chi connectivity index (χ0n) is 28.7. The van der Waals surface area contributed by atoms with Gasteiger partial charge in [0.05, 0.1) is 5.69 Å². The van der Waals surface area contributed by atoms with Crippen molar-refractivity contribution in [2.24, 2.45) is 0 Å². The predicted molar refractivity (Wildman–Crippen MR) is 217 cm³/mol. The van der Waals surface area contributed by atoms with E-state index in [-0.39, 0.29) is 11.6 Å². The Morgan fingerprint density at radius 1 is 0.717 bits per heavy atom. The molecular weight excluding hydrogens is 697 g/mol. The second-order valence-corrected chi connectivity index (χ2v) is 14.3. The molecule has 0 saturated heterocycles. The van der Waals surface area contributed by atoms with Gasteiger partial charge < -0.3 is 16.0 Å². The van der Waals surface area contributed by atoms with Gasteiger partial charge in [0, 0.05) is 27.1 Å². The average Bonchev–Trinajstić information content (AvgIpc) is 3.66. The third-order valence-electron chi connectivity index (χ3n) is 8.44. The Labute approximate surface area is 315 Å². The second-order valence-electron chi connectivity index (χ2n) is 12.2. The summed E-state index contributed by atoms with van der Waals surface area (Å²) in [6.07, 6.45) is 1.69.